The summed E-state index contributed by atoms with van der Waals surface area (Å²) in [6.45, 7) is 0. The zero-order valence-corrected chi connectivity index (χ0v) is 9.87. The minimum absolute atomic E-state index is 0.0113. The van der Waals surface area contributed by atoms with Gasteiger partial charge in [0, 0.05) is 0 Å². The van der Waals surface area contributed by atoms with Crippen molar-refractivity contribution in [2.24, 2.45) is 5.92 Å². The van der Waals surface area contributed by atoms with E-state index in [1.807, 2.05) is 0 Å². The molecule has 0 amide bonds. The first-order valence-corrected chi connectivity index (χ1v) is 5.71. The number of nitriles is 1. The van der Waals surface area contributed by atoms with Crippen LogP contribution in [0.2, 0.25) is 0 Å². The van der Waals surface area contributed by atoms with E-state index in [4.69, 9.17) is 10.4 Å². The predicted octanol–water partition coefficient (Wildman–Crippen LogP) is 1.74. The normalized spacial score (nSPS) is 15.3. The molecule has 98 valence electrons. The molecule has 0 aromatic heterocycles. The fourth-order valence-electron chi connectivity index (χ4n) is 1.93. The maximum atomic E-state index is 11.1. The number of nitrogens with one attached hydrogen (secondary N) is 1. The number of rotatable bonds is 5. The van der Waals surface area contributed by atoms with Gasteiger partial charge in [-0.25, -0.2) is 4.79 Å². The Morgan fingerprint density at radius 1 is 1.58 bits per heavy atom. The van der Waals surface area contributed by atoms with Crippen LogP contribution >= 0.6 is 0 Å². The fourth-order valence-corrected chi connectivity index (χ4v) is 1.93. The SMILES string of the molecule is N#Cc1cccc(NC(C(=O)O)C2CC2)c1[N+](=O)[O-]. The summed E-state index contributed by atoms with van der Waals surface area (Å²) in [6, 6.07) is 5.11. The molecule has 2 rings (SSSR count). The number of nitrogens with zero attached hydrogens (tertiary/aromatic N) is 2. The van der Waals surface area contributed by atoms with E-state index < -0.39 is 16.9 Å². The number of carboxylic acids is 1. The summed E-state index contributed by atoms with van der Waals surface area (Å²) in [5.41, 5.74) is -0.393. The molecule has 1 atom stereocenters. The van der Waals surface area contributed by atoms with Gasteiger partial charge in [0.05, 0.1) is 4.92 Å². The monoisotopic (exact) mass is 261 g/mol. The Morgan fingerprint density at radius 2 is 2.26 bits per heavy atom. The van der Waals surface area contributed by atoms with Crippen molar-refractivity contribution < 1.29 is 14.8 Å². The minimum Gasteiger partial charge on any atom is -0.480 e. The van der Waals surface area contributed by atoms with Crippen LogP contribution in [-0.2, 0) is 4.79 Å². The molecule has 1 saturated carbocycles. The van der Waals surface area contributed by atoms with Gasteiger partial charge in [-0.15, -0.1) is 0 Å². The number of carbonyl (C=O) groups is 1. The highest BCUT2D eigenvalue weighted by atomic mass is 16.6. The van der Waals surface area contributed by atoms with Crippen LogP contribution in [0.4, 0.5) is 11.4 Å². The van der Waals surface area contributed by atoms with Crippen LogP contribution < -0.4 is 5.32 Å². The molecule has 1 unspecified atom stereocenters. The van der Waals surface area contributed by atoms with E-state index in [9.17, 15) is 14.9 Å². The summed E-state index contributed by atoms with van der Waals surface area (Å²) in [6.07, 6.45) is 1.57. The van der Waals surface area contributed by atoms with Gasteiger partial charge in [0.15, 0.2) is 0 Å². The van der Waals surface area contributed by atoms with Crippen LogP contribution in [-0.4, -0.2) is 22.0 Å². The largest absolute Gasteiger partial charge is 0.480 e. The molecule has 7 nitrogen and oxygen atoms in total. The van der Waals surface area contributed by atoms with E-state index >= 15 is 0 Å². The third kappa shape index (κ3) is 2.63. The van der Waals surface area contributed by atoms with Gasteiger partial charge in [0.25, 0.3) is 0 Å². The average molecular weight is 261 g/mol. The molecular weight excluding hydrogens is 250 g/mol. The van der Waals surface area contributed by atoms with Gasteiger partial charge < -0.3 is 10.4 Å². The highest BCUT2D eigenvalue weighted by Gasteiger charge is 2.37. The van der Waals surface area contributed by atoms with Crippen molar-refractivity contribution in [1.29, 1.82) is 5.26 Å². The maximum Gasteiger partial charge on any atom is 0.326 e. The average Bonchev–Trinajstić information content (AvgIpc) is 3.18. The van der Waals surface area contributed by atoms with Crippen LogP contribution in [0.15, 0.2) is 18.2 Å². The number of hydrogen-bond donors (Lipinski definition) is 2. The van der Waals surface area contributed by atoms with Crippen molar-refractivity contribution >= 4 is 17.3 Å². The molecule has 0 bridgehead atoms. The summed E-state index contributed by atoms with van der Waals surface area (Å²) < 4.78 is 0. The summed E-state index contributed by atoms with van der Waals surface area (Å²) in [7, 11) is 0. The second-order valence-electron chi connectivity index (χ2n) is 4.37. The molecule has 0 saturated heterocycles. The summed E-state index contributed by atoms with van der Waals surface area (Å²) in [5, 5.41) is 31.6. The lowest BCUT2D eigenvalue weighted by atomic mass is 10.1. The Hall–Kier alpha value is -2.62. The highest BCUT2D eigenvalue weighted by Crippen LogP contribution is 2.36. The Kier molecular flexibility index (Phi) is 3.33. The Morgan fingerprint density at radius 3 is 2.74 bits per heavy atom. The lowest BCUT2D eigenvalue weighted by molar-refractivity contribution is -0.384. The molecule has 0 radical (unpaired) electrons. The van der Waals surface area contributed by atoms with Gasteiger partial charge in [-0.3, -0.25) is 10.1 Å². The van der Waals surface area contributed by atoms with E-state index in [0.717, 1.165) is 12.8 Å². The van der Waals surface area contributed by atoms with Crippen molar-refractivity contribution in [3.63, 3.8) is 0 Å². The van der Waals surface area contributed by atoms with Crippen LogP contribution in [0, 0.1) is 27.4 Å². The van der Waals surface area contributed by atoms with Gasteiger partial charge in [0.1, 0.15) is 23.4 Å². The molecule has 1 aliphatic rings. The number of carboxylic acid groups (broad SMARTS) is 1. The van der Waals surface area contributed by atoms with E-state index in [1.54, 1.807) is 6.07 Å². The number of nitro groups is 1. The summed E-state index contributed by atoms with van der Waals surface area (Å²) in [4.78, 5) is 21.5. The Labute approximate surface area is 108 Å². The van der Waals surface area contributed by atoms with Crippen LogP contribution in [0.5, 0.6) is 0 Å². The van der Waals surface area contributed by atoms with Crippen LogP contribution in [0.3, 0.4) is 0 Å². The first kappa shape index (κ1) is 12.8. The molecule has 1 fully saturated rings. The molecule has 1 aliphatic carbocycles. The number of hydrogen-bond acceptors (Lipinski definition) is 5. The molecule has 0 aliphatic heterocycles. The standard InChI is InChI=1S/C12H11N3O4/c13-6-8-2-1-3-9(11(8)15(18)19)14-10(12(16)17)7-4-5-7/h1-3,7,10,14H,4-5H2,(H,16,17). The lowest BCUT2D eigenvalue weighted by Crippen LogP contribution is -2.31. The molecule has 0 spiro atoms. The van der Waals surface area contributed by atoms with Gasteiger partial charge in [-0.2, -0.15) is 5.26 Å². The summed E-state index contributed by atoms with van der Waals surface area (Å²) in [5.74, 6) is -1.05. The van der Waals surface area contributed by atoms with Gasteiger partial charge >= 0.3 is 11.7 Å². The molecule has 19 heavy (non-hydrogen) atoms. The third-order valence-electron chi connectivity index (χ3n) is 3.01. The summed E-state index contributed by atoms with van der Waals surface area (Å²) >= 11 is 0. The number of anilines is 1. The van der Waals surface area contributed by atoms with E-state index in [0.29, 0.717) is 0 Å². The second kappa shape index (κ2) is 4.94. The highest BCUT2D eigenvalue weighted by molar-refractivity contribution is 5.80. The molecule has 7 heteroatoms. The first-order chi connectivity index (χ1) is 9.04. The third-order valence-corrected chi connectivity index (χ3v) is 3.01. The Bertz CT molecular complexity index is 575. The second-order valence-corrected chi connectivity index (χ2v) is 4.37. The van der Waals surface area contributed by atoms with Crippen molar-refractivity contribution in [2.45, 2.75) is 18.9 Å². The molecule has 1 aromatic rings. The number of nitro benzene ring substituents is 1. The van der Waals surface area contributed by atoms with Crippen molar-refractivity contribution in [1.82, 2.24) is 0 Å². The van der Waals surface area contributed by atoms with Crippen LogP contribution in [0.25, 0.3) is 0 Å². The van der Waals surface area contributed by atoms with Crippen molar-refractivity contribution in [3.05, 3.63) is 33.9 Å². The zero-order valence-electron chi connectivity index (χ0n) is 9.87. The van der Waals surface area contributed by atoms with Crippen LogP contribution in [0.1, 0.15) is 18.4 Å². The van der Waals surface area contributed by atoms with Crippen molar-refractivity contribution in [2.75, 3.05) is 5.32 Å². The smallest absolute Gasteiger partial charge is 0.326 e. The minimum atomic E-state index is -1.04. The maximum absolute atomic E-state index is 11.1. The van der Waals surface area contributed by atoms with E-state index in [1.165, 1.54) is 18.2 Å². The van der Waals surface area contributed by atoms with Gasteiger partial charge in [-0.05, 0) is 30.9 Å². The zero-order chi connectivity index (χ0) is 14.0. The van der Waals surface area contributed by atoms with E-state index in [-0.39, 0.29) is 22.9 Å². The van der Waals surface area contributed by atoms with Gasteiger partial charge in [-0.1, -0.05) is 6.07 Å². The van der Waals surface area contributed by atoms with Crippen molar-refractivity contribution in [3.8, 4) is 6.07 Å². The lowest BCUT2D eigenvalue weighted by Gasteiger charge is -2.15. The topological polar surface area (TPSA) is 116 Å². The van der Waals surface area contributed by atoms with E-state index in [2.05, 4.69) is 5.32 Å². The fraction of sp³-hybridized carbons (Fsp3) is 0.333. The quantitative estimate of drug-likeness (QED) is 0.616. The molecule has 0 heterocycles. The first-order valence-electron chi connectivity index (χ1n) is 5.71. The number of benzene rings is 1. The molecule has 1 aromatic carbocycles. The molecular formula is C12H11N3O4. The molecule has 2 N–H and O–H groups in total. The van der Waals surface area contributed by atoms with Gasteiger partial charge in [0.2, 0.25) is 0 Å². The number of aliphatic carboxylic acids is 1. The predicted molar refractivity (Wildman–Crippen MR) is 65.6 cm³/mol. The number of para-hydroxylation sites is 1. The Balaban J connectivity index is 2.36.